The molecule has 3 nitrogen and oxygen atoms in total. The molecule has 0 fully saturated rings. The predicted molar refractivity (Wildman–Crippen MR) is 90.9 cm³/mol. The van der Waals surface area contributed by atoms with E-state index in [9.17, 15) is 9.18 Å². The summed E-state index contributed by atoms with van der Waals surface area (Å²) in [5.41, 5.74) is 1.28. The first kappa shape index (κ1) is 17.4. The van der Waals surface area contributed by atoms with E-state index in [1.807, 2.05) is 23.5 Å². The number of nitrogens with one attached hydrogen (secondary N) is 1. The van der Waals surface area contributed by atoms with Crippen LogP contribution in [-0.4, -0.2) is 12.5 Å². The Bertz CT molecular complexity index is 661. The van der Waals surface area contributed by atoms with Gasteiger partial charge in [0.25, 0.3) is 5.91 Å². The molecule has 0 bridgehead atoms. The third kappa shape index (κ3) is 5.05. The zero-order valence-electron chi connectivity index (χ0n) is 13.2. The number of hydrogen-bond acceptors (Lipinski definition) is 1. The molecule has 0 radical (unpaired) electrons. The molecule has 0 saturated heterocycles. The highest BCUT2D eigenvalue weighted by Gasteiger charge is 2.20. The van der Waals surface area contributed by atoms with Crippen molar-refractivity contribution in [1.82, 2.24) is 0 Å². The van der Waals surface area contributed by atoms with Gasteiger partial charge < -0.3 is 10.6 Å². The third-order valence-corrected chi connectivity index (χ3v) is 3.90. The average molecular weight is 336 g/mol. The van der Waals surface area contributed by atoms with Crippen LogP contribution in [0.2, 0.25) is 5.02 Å². The Kier molecular flexibility index (Phi) is 6.13. The molecule has 0 unspecified atom stereocenters. The third-order valence-electron chi connectivity index (χ3n) is 3.66. The molecule has 0 heterocycles. The molecule has 2 rings (SSSR count). The summed E-state index contributed by atoms with van der Waals surface area (Å²) in [6.45, 7) is 4.44. The molecule has 0 aliphatic rings. The van der Waals surface area contributed by atoms with Crippen LogP contribution in [0.25, 0.3) is 0 Å². The zero-order valence-corrected chi connectivity index (χ0v) is 14.0. The van der Waals surface area contributed by atoms with E-state index >= 15 is 0 Å². The van der Waals surface area contributed by atoms with Gasteiger partial charge in [-0.2, -0.15) is 0 Å². The van der Waals surface area contributed by atoms with Gasteiger partial charge in [0.05, 0.1) is 5.69 Å². The van der Waals surface area contributed by atoms with E-state index in [2.05, 4.69) is 31.3 Å². The fraction of sp³-hybridized carbons (Fsp3) is 0.278. The molecule has 3 N–H and O–H groups in total. The predicted octanol–water partition coefficient (Wildman–Crippen LogP) is 3.38. The molecule has 1 amide bonds. The number of nitrogens with two attached hydrogens (primary N) is 1. The maximum Gasteiger partial charge on any atom is 0.279 e. The van der Waals surface area contributed by atoms with E-state index in [4.69, 9.17) is 11.6 Å². The van der Waals surface area contributed by atoms with Gasteiger partial charge in [0.15, 0.2) is 6.54 Å². The Morgan fingerprint density at radius 1 is 1.22 bits per heavy atom. The number of anilines is 1. The Balaban J connectivity index is 1.98. The van der Waals surface area contributed by atoms with Gasteiger partial charge in [-0.3, -0.25) is 4.79 Å². The van der Waals surface area contributed by atoms with Crippen molar-refractivity contribution in [2.75, 3.05) is 11.9 Å². The van der Waals surface area contributed by atoms with Crippen molar-refractivity contribution in [3.8, 4) is 0 Å². The van der Waals surface area contributed by atoms with Crippen LogP contribution >= 0.6 is 11.6 Å². The molecule has 23 heavy (non-hydrogen) atoms. The van der Waals surface area contributed by atoms with Crippen LogP contribution in [0.5, 0.6) is 0 Å². The number of hydrogen-bond donors (Lipinski definition) is 2. The van der Waals surface area contributed by atoms with Crippen molar-refractivity contribution in [2.24, 2.45) is 5.92 Å². The molecular formula is C18H21ClFN2O+. The number of benzene rings is 2. The maximum atomic E-state index is 13.6. The van der Waals surface area contributed by atoms with E-state index < -0.39 is 5.82 Å². The topological polar surface area (TPSA) is 45.7 Å². The van der Waals surface area contributed by atoms with Crippen LogP contribution in [0.15, 0.2) is 48.5 Å². The van der Waals surface area contributed by atoms with Crippen molar-refractivity contribution >= 4 is 23.2 Å². The maximum absolute atomic E-state index is 13.6. The van der Waals surface area contributed by atoms with Crippen molar-refractivity contribution in [1.29, 1.82) is 0 Å². The molecule has 0 aliphatic carbocycles. The van der Waals surface area contributed by atoms with Crippen molar-refractivity contribution in [2.45, 2.75) is 19.9 Å². The molecule has 0 aromatic heterocycles. The fourth-order valence-electron chi connectivity index (χ4n) is 2.50. The normalized spacial score (nSPS) is 12.2. The molecule has 0 aliphatic heterocycles. The summed E-state index contributed by atoms with van der Waals surface area (Å²) in [5, 5.41) is 4.92. The lowest BCUT2D eigenvalue weighted by molar-refractivity contribution is -0.692. The quantitative estimate of drug-likeness (QED) is 0.835. The monoisotopic (exact) mass is 335 g/mol. The summed E-state index contributed by atoms with van der Waals surface area (Å²) in [5.74, 6) is -0.382. The summed E-state index contributed by atoms with van der Waals surface area (Å²) in [7, 11) is 0. The van der Waals surface area contributed by atoms with E-state index in [0.29, 0.717) is 10.9 Å². The van der Waals surface area contributed by atoms with E-state index in [1.54, 1.807) is 0 Å². The second kappa shape index (κ2) is 8.09. The lowest BCUT2D eigenvalue weighted by atomic mass is 9.96. The number of quaternary nitrogens is 1. The van der Waals surface area contributed by atoms with E-state index in [0.717, 1.165) is 0 Å². The summed E-state index contributed by atoms with van der Waals surface area (Å²) in [6.07, 6.45) is 0. The van der Waals surface area contributed by atoms with Gasteiger partial charge in [-0.05, 0) is 18.2 Å². The summed E-state index contributed by atoms with van der Waals surface area (Å²) in [4.78, 5) is 12.1. The minimum absolute atomic E-state index is 0.108. The summed E-state index contributed by atoms with van der Waals surface area (Å²) >= 11 is 5.82. The Morgan fingerprint density at radius 2 is 1.91 bits per heavy atom. The van der Waals surface area contributed by atoms with Crippen molar-refractivity contribution in [3.05, 3.63) is 64.9 Å². The molecular weight excluding hydrogens is 315 g/mol. The first-order valence-corrected chi connectivity index (χ1v) is 7.98. The van der Waals surface area contributed by atoms with Crippen LogP contribution in [0.4, 0.5) is 10.1 Å². The summed E-state index contributed by atoms with van der Waals surface area (Å²) < 4.78 is 13.6. The minimum Gasteiger partial charge on any atom is -0.332 e. The summed E-state index contributed by atoms with van der Waals surface area (Å²) in [6, 6.07) is 14.3. The highest BCUT2D eigenvalue weighted by atomic mass is 35.5. The van der Waals surface area contributed by atoms with Crippen LogP contribution in [0.1, 0.15) is 25.5 Å². The molecule has 0 saturated carbocycles. The van der Waals surface area contributed by atoms with Crippen molar-refractivity contribution < 1.29 is 14.5 Å². The number of carbonyl (C=O) groups is 1. The first-order chi connectivity index (χ1) is 11.0. The minimum atomic E-state index is -0.494. The molecule has 122 valence electrons. The second-order valence-corrected chi connectivity index (χ2v) is 6.23. The Morgan fingerprint density at radius 3 is 2.57 bits per heavy atom. The highest BCUT2D eigenvalue weighted by Crippen LogP contribution is 2.19. The number of halogens is 2. The van der Waals surface area contributed by atoms with Gasteiger partial charge >= 0.3 is 0 Å². The Hall–Kier alpha value is -1.91. The first-order valence-electron chi connectivity index (χ1n) is 7.60. The van der Waals surface area contributed by atoms with Gasteiger partial charge in [-0.1, -0.05) is 55.8 Å². The number of rotatable bonds is 6. The molecule has 1 atom stereocenters. The van der Waals surface area contributed by atoms with Gasteiger partial charge in [0, 0.05) is 16.5 Å². The second-order valence-electron chi connectivity index (χ2n) is 5.79. The number of carbonyl (C=O) groups excluding carboxylic acids is 1. The van der Waals surface area contributed by atoms with Crippen LogP contribution in [0, 0.1) is 11.7 Å². The zero-order chi connectivity index (χ0) is 16.8. The number of amides is 1. The lowest BCUT2D eigenvalue weighted by Gasteiger charge is -2.19. The smallest absolute Gasteiger partial charge is 0.279 e. The largest absolute Gasteiger partial charge is 0.332 e. The average Bonchev–Trinajstić information content (AvgIpc) is 2.52. The highest BCUT2D eigenvalue weighted by molar-refractivity contribution is 6.30. The SMILES string of the molecule is CC(C)[C@@H]([NH2+]CC(=O)Nc1cc(Cl)ccc1F)c1ccccc1. The van der Waals surface area contributed by atoms with Gasteiger partial charge in [-0.15, -0.1) is 0 Å². The van der Waals surface area contributed by atoms with Crippen LogP contribution in [-0.2, 0) is 4.79 Å². The molecule has 0 spiro atoms. The van der Waals surface area contributed by atoms with Gasteiger partial charge in [0.1, 0.15) is 11.9 Å². The Labute approximate surface area is 140 Å². The van der Waals surface area contributed by atoms with Crippen LogP contribution < -0.4 is 10.6 Å². The standard InChI is InChI=1S/C18H20ClFN2O/c1-12(2)18(13-6-4-3-5-7-13)21-11-17(23)22-16-10-14(19)8-9-15(16)20/h3-10,12,18,21H,11H2,1-2H3,(H,22,23)/p+1/t18-/m1/s1. The molecule has 2 aromatic carbocycles. The van der Waals surface area contributed by atoms with Crippen LogP contribution in [0.3, 0.4) is 0 Å². The molecule has 5 heteroatoms. The van der Waals surface area contributed by atoms with E-state index in [1.165, 1.54) is 23.8 Å². The fourth-order valence-corrected chi connectivity index (χ4v) is 2.67. The van der Waals surface area contributed by atoms with Crippen molar-refractivity contribution in [3.63, 3.8) is 0 Å². The van der Waals surface area contributed by atoms with Gasteiger partial charge in [-0.25, -0.2) is 4.39 Å². The van der Waals surface area contributed by atoms with Gasteiger partial charge in [0.2, 0.25) is 0 Å². The lowest BCUT2D eigenvalue weighted by Crippen LogP contribution is -2.88. The van der Waals surface area contributed by atoms with E-state index in [-0.39, 0.29) is 24.2 Å². The molecule has 2 aromatic rings.